The molecule has 1 unspecified atom stereocenters. The van der Waals surface area contributed by atoms with Crippen LogP contribution in [0.3, 0.4) is 0 Å². The molecule has 0 saturated carbocycles. The lowest BCUT2D eigenvalue weighted by Gasteiger charge is -2.22. The molecule has 5 heteroatoms. The molecule has 3 rings (SSSR count). The number of hydrogen-bond acceptors (Lipinski definition) is 3. The molecule has 3 heterocycles. The zero-order chi connectivity index (χ0) is 12.5. The fourth-order valence-corrected chi connectivity index (χ4v) is 2.45. The second-order valence-electron chi connectivity index (χ2n) is 4.41. The molecule has 0 spiro atoms. The molecule has 1 aliphatic rings. The lowest BCUT2D eigenvalue weighted by Crippen LogP contribution is -2.21. The van der Waals surface area contributed by atoms with Crippen molar-refractivity contribution in [1.82, 2.24) is 14.5 Å². The Balaban J connectivity index is 2.08. The van der Waals surface area contributed by atoms with E-state index in [-0.39, 0.29) is 0 Å². The van der Waals surface area contributed by atoms with Crippen LogP contribution < -0.4 is 0 Å². The van der Waals surface area contributed by atoms with Gasteiger partial charge >= 0.3 is 5.97 Å². The first-order chi connectivity index (χ1) is 8.77. The van der Waals surface area contributed by atoms with E-state index in [2.05, 4.69) is 9.97 Å². The normalized spacial score (nSPS) is 18.3. The molecule has 0 saturated heterocycles. The number of aliphatic carboxylic acids is 1. The van der Waals surface area contributed by atoms with Crippen LogP contribution in [0.4, 0.5) is 0 Å². The van der Waals surface area contributed by atoms with Crippen LogP contribution >= 0.6 is 0 Å². The number of imidazole rings is 1. The van der Waals surface area contributed by atoms with Crippen molar-refractivity contribution < 1.29 is 9.90 Å². The van der Waals surface area contributed by atoms with Crippen LogP contribution in [-0.4, -0.2) is 25.6 Å². The van der Waals surface area contributed by atoms with Gasteiger partial charge in [0.25, 0.3) is 0 Å². The molecule has 1 aliphatic heterocycles. The van der Waals surface area contributed by atoms with Gasteiger partial charge in [-0.25, -0.2) is 4.98 Å². The average Bonchev–Trinajstić information content (AvgIpc) is 2.83. The van der Waals surface area contributed by atoms with E-state index in [4.69, 9.17) is 0 Å². The van der Waals surface area contributed by atoms with Crippen LogP contribution in [0.5, 0.6) is 0 Å². The molecule has 1 atom stereocenters. The summed E-state index contributed by atoms with van der Waals surface area (Å²) in [5.74, 6) is -0.455. The number of fused-ring (bicyclic) bond motifs is 1. The van der Waals surface area contributed by atoms with Gasteiger partial charge in [0, 0.05) is 18.9 Å². The Hall–Kier alpha value is -2.17. The summed E-state index contributed by atoms with van der Waals surface area (Å²) in [6.07, 6.45) is 4.93. The lowest BCUT2D eigenvalue weighted by atomic mass is 9.96. The third kappa shape index (κ3) is 1.68. The Morgan fingerprint density at radius 1 is 1.39 bits per heavy atom. The first-order valence-corrected chi connectivity index (χ1v) is 5.97. The molecule has 0 amide bonds. The highest BCUT2D eigenvalue weighted by Crippen LogP contribution is 2.31. The Labute approximate surface area is 104 Å². The maximum Gasteiger partial charge on any atom is 0.312 e. The maximum atomic E-state index is 11.2. The van der Waals surface area contributed by atoms with Gasteiger partial charge < -0.3 is 9.67 Å². The molecular weight excluding hydrogens is 230 g/mol. The van der Waals surface area contributed by atoms with Crippen molar-refractivity contribution in [3.8, 4) is 11.5 Å². The Morgan fingerprint density at radius 3 is 3.00 bits per heavy atom. The van der Waals surface area contributed by atoms with Crippen LogP contribution in [-0.2, 0) is 11.3 Å². The smallest absolute Gasteiger partial charge is 0.312 e. The zero-order valence-electron chi connectivity index (χ0n) is 9.78. The topological polar surface area (TPSA) is 68.0 Å². The van der Waals surface area contributed by atoms with E-state index in [9.17, 15) is 9.90 Å². The van der Waals surface area contributed by atoms with E-state index >= 15 is 0 Å². The quantitative estimate of drug-likeness (QED) is 0.874. The van der Waals surface area contributed by atoms with Crippen molar-refractivity contribution in [2.75, 3.05) is 0 Å². The van der Waals surface area contributed by atoms with Crippen molar-refractivity contribution >= 4 is 5.97 Å². The summed E-state index contributed by atoms with van der Waals surface area (Å²) >= 11 is 0. The molecule has 0 bridgehead atoms. The highest BCUT2D eigenvalue weighted by Gasteiger charge is 2.29. The molecule has 5 nitrogen and oxygen atoms in total. The predicted octanol–water partition coefficient (Wildman–Crippen LogP) is 1.91. The van der Waals surface area contributed by atoms with E-state index in [0.717, 1.165) is 30.2 Å². The number of carboxylic acid groups (broad SMARTS) is 1. The van der Waals surface area contributed by atoms with Gasteiger partial charge in [-0.05, 0) is 25.0 Å². The Kier molecular flexibility index (Phi) is 2.59. The Morgan fingerprint density at radius 2 is 2.28 bits per heavy atom. The molecule has 1 N–H and O–H groups in total. The van der Waals surface area contributed by atoms with Crippen molar-refractivity contribution in [1.29, 1.82) is 0 Å². The van der Waals surface area contributed by atoms with E-state index in [1.807, 2.05) is 22.8 Å². The van der Waals surface area contributed by atoms with Crippen molar-refractivity contribution in [3.63, 3.8) is 0 Å². The molecule has 0 aliphatic carbocycles. The van der Waals surface area contributed by atoms with Crippen LogP contribution in [0.2, 0.25) is 0 Å². The highest BCUT2D eigenvalue weighted by molar-refractivity contribution is 5.76. The minimum absolute atomic E-state index is 0.441. The van der Waals surface area contributed by atoms with Gasteiger partial charge in [-0.2, -0.15) is 0 Å². The molecule has 2 aromatic heterocycles. The monoisotopic (exact) mass is 243 g/mol. The first kappa shape index (κ1) is 11.0. The SMILES string of the molecule is O=C(O)C1CCCn2c1cnc2-c1ccccn1. The van der Waals surface area contributed by atoms with Gasteiger partial charge in [0.05, 0.1) is 11.6 Å². The summed E-state index contributed by atoms with van der Waals surface area (Å²) in [6.45, 7) is 0.811. The van der Waals surface area contributed by atoms with Gasteiger partial charge in [-0.1, -0.05) is 6.07 Å². The minimum atomic E-state index is -0.775. The fourth-order valence-electron chi connectivity index (χ4n) is 2.45. The van der Waals surface area contributed by atoms with E-state index in [0.29, 0.717) is 6.42 Å². The molecule has 2 aromatic rings. The number of carboxylic acids is 1. The van der Waals surface area contributed by atoms with E-state index < -0.39 is 11.9 Å². The van der Waals surface area contributed by atoms with Crippen molar-refractivity contribution in [3.05, 3.63) is 36.3 Å². The molecule has 0 radical (unpaired) electrons. The number of pyridine rings is 1. The standard InChI is InChI=1S/C13H13N3O2/c17-13(18)9-4-3-7-16-11(9)8-15-12(16)10-5-1-2-6-14-10/h1-2,5-6,8-9H,3-4,7H2,(H,17,18). The van der Waals surface area contributed by atoms with Gasteiger partial charge in [-0.15, -0.1) is 0 Å². The van der Waals surface area contributed by atoms with Crippen molar-refractivity contribution in [2.24, 2.45) is 0 Å². The molecule has 0 aromatic carbocycles. The van der Waals surface area contributed by atoms with Gasteiger partial charge in [0.15, 0.2) is 5.82 Å². The number of aromatic nitrogens is 3. The van der Waals surface area contributed by atoms with Crippen LogP contribution in [0.15, 0.2) is 30.6 Å². The number of carbonyl (C=O) groups is 1. The fraction of sp³-hybridized carbons (Fsp3) is 0.308. The first-order valence-electron chi connectivity index (χ1n) is 5.97. The summed E-state index contributed by atoms with van der Waals surface area (Å²) in [7, 11) is 0. The number of nitrogens with zero attached hydrogens (tertiary/aromatic N) is 3. The molecule has 92 valence electrons. The largest absolute Gasteiger partial charge is 0.481 e. The zero-order valence-corrected chi connectivity index (χ0v) is 9.78. The average molecular weight is 243 g/mol. The van der Waals surface area contributed by atoms with Crippen molar-refractivity contribution in [2.45, 2.75) is 25.3 Å². The van der Waals surface area contributed by atoms with Gasteiger partial charge in [0.1, 0.15) is 5.69 Å². The summed E-state index contributed by atoms with van der Waals surface area (Å²) in [5, 5.41) is 9.21. The summed E-state index contributed by atoms with van der Waals surface area (Å²) in [4.78, 5) is 19.8. The van der Waals surface area contributed by atoms with Gasteiger partial charge in [-0.3, -0.25) is 9.78 Å². The van der Waals surface area contributed by atoms with Crippen LogP contribution in [0.1, 0.15) is 24.5 Å². The second-order valence-corrected chi connectivity index (χ2v) is 4.41. The third-order valence-electron chi connectivity index (χ3n) is 3.31. The summed E-state index contributed by atoms with van der Waals surface area (Å²) in [6, 6.07) is 5.64. The van der Waals surface area contributed by atoms with Gasteiger partial charge in [0.2, 0.25) is 0 Å². The van der Waals surface area contributed by atoms with E-state index in [1.54, 1.807) is 12.4 Å². The van der Waals surface area contributed by atoms with E-state index in [1.165, 1.54) is 0 Å². The van der Waals surface area contributed by atoms with Crippen LogP contribution in [0.25, 0.3) is 11.5 Å². The maximum absolute atomic E-state index is 11.2. The number of hydrogen-bond donors (Lipinski definition) is 1. The minimum Gasteiger partial charge on any atom is -0.481 e. The highest BCUT2D eigenvalue weighted by atomic mass is 16.4. The molecule has 18 heavy (non-hydrogen) atoms. The Bertz CT molecular complexity index is 577. The second kappa shape index (κ2) is 4.25. The molecule has 0 fully saturated rings. The summed E-state index contributed by atoms with van der Waals surface area (Å²) in [5.41, 5.74) is 1.57. The lowest BCUT2D eigenvalue weighted by molar-refractivity contribution is -0.139. The number of rotatable bonds is 2. The predicted molar refractivity (Wildman–Crippen MR) is 65.1 cm³/mol. The third-order valence-corrected chi connectivity index (χ3v) is 3.31. The molecular formula is C13H13N3O2. The summed E-state index contributed by atoms with van der Waals surface area (Å²) < 4.78 is 1.98. The van der Waals surface area contributed by atoms with Crippen LogP contribution in [0, 0.1) is 0 Å².